The molecule has 0 unspecified atom stereocenters. The Morgan fingerprint density at radius 2 is 2.00 bits per heavy atom. The third kappa shape index (κ3) is 4.04. The lowest BCUT2D eigenvalue weighted by Gasteiger charge is -2.03. The summed E-state index contributed by atoms with van der Waals surface area (Å²) in [4.78, 5) is 22.7. The first-order chi connectivity index (χ1) is 15.1. The van der Waals surface area contributed by atoms with E-state index in [1.807, 2.05) is 66.2 Å². The van der Waals surface area contributed by atoms with Gasteiger partial charge in [0.2, 0.25) is 5.91 Å². The molecule has 31 heavy (non-hydrogen) atoms. The Hall–Kier alpha value is -3.23. The SMILES string of the molecule is CCOc1ccc(-c2cn3c(CC(=O)Nc4nc5ccc(C)cc5s4)csc3n2)cc1. The molecule has 0 aliphatic rings. The molecule has 0 saturated carbocycles. The van der Waals surface area contributed by atoms with Gasteiger partial charge >= 0.3 is 0 Å². The standard InChI is InChI=1S/C23H20N4O2S2/c1-3-29-17-7-5-15(6-8-17)19-12-27-16(13-30-23(27)25-19)11-21(28)26-22-24-18-9-4-14(2)10-20(18)31-22/h4-10,12-13H,3,11H2,1-2H3,(H,24,26,28). The fraction of sp³-hybridized carbons (Fsp3) is 0.174. The van der Waals surface area contributed by atoms with E-state index >= 15 is 0 Å². The lowest BCUT2D eigenvalue weighted by molar-refractivity contribution is -0.115. The molecule has 6 nitrogen and oxygen atoms in total. The molecule has 0 radical (unpaired) electrons. The van der Waals surface area contributed by atoms with Crippen LogP contribution in [0.5, 0.6) is 5.75 Å². The molecular formula is C23H20N4O2S2. The molecule has 0 atom stereocenters. The quantitative estimate of drug-likeness (QED) is 0.369. The van der Waals surface area contributed by atoms with E-state index in [2.05, 4.69) is 16.4 Å². The highest BCUT2D eigenvalue weighted by Gasteiger charge is 2.14. The molecule has 0 fully saturated rings. The molecule has 3 heterocycles. The molecular weight excluding hydrogens is 428 g/mol. The van der Waals surface area contributed by atoms with Crippen LogP contribution in [-0.4, -0.2) is 26.9 Å². The molecule has 0 aliphatic heterocycles. The molecule has 8 heteroatoms. The summed E-state index contributed by atoms with van der Waals surface area (Å²) in [6.45, 7) is 4.65. The number of rotatable bonds is 6. The highest BCUT2D eigenvalue weighted by atomic mass is 32.1. The second-order valence-electron chi connectivity index (χ2n) is 7.18. The molecule has 1 N–H and O–H groups in total. The van der Waals surface area contributed by atoms with Crippen LogP contribution >= 0.6 is 22.7 Å². The smallest absolute Gasteiger partial charge is 0.232 e. The Morgan fingerprint density at radius 1 is 1.16 bits per heavy atom. The summed E-state index contributed by atoms with van der Waals surface area (Å²) in [5.74, 6) is 0.751. The normalized spacial score (nSPS) is 11.3. The van der Waals surface area contributed by atoms with E-state index in [4.69, 9.17) is 9.72 Å². The van der Waals surface area contributed by atoms with Gasteiger partial charge in [0, 0.05) is 22.8 Å². The van der Waals surface area contributed by atoms with Crippen molar-refractivity contribution < 1.29 is 9.53 Å². The summed E-state index contributed by atoms with van der Waals surface area (Å²) in [5.41, 5.74) is 4.87. The molecule has 0 saturated heterocycles. The number of nitrogens with zero attached hydrogens (tertiary/aromatic N) is 3. The maximum atomic E-state index is 12.7. The number of imidazole rings is 1. The summed E-state index contributed by atoms with van der Waals surface area (Å²) in [7, 11) is 0. The first-order valence-electron chi connectivity index (χ1n) is 9.95. The molecule has 0 spiro atoms. The number of fused-ring (bicyclic) bond motifs is 2. The number of ether oxygens (including phenoxy) is 1. The molecule has 156 valence electrons. The minimum atomic E-state index is -0.0909. The van der Waals surface area contributed by atoms with Gasteiger partial charge in [0.1, 0.15) is 5.75 Å². The van der Waals surface area contributed by atoms with Crippen molar-refractivity contribution in [3.8, 4) is 17.0 Å². The lowest BCUT2D eigenvalue weighted by Crippen LogP contribution is -2.15. The van der Waals surface area contributed by atoms with Crippen molar-refractivity contribution in [2.45, 2.75) is 20.3 Å². The first-order valence-corrected chi connectivity index (χ1v) is 11.6. The van der Waals surface area contributed by atoms with E-state index in [-0.39, 0.29) is 12.3 Å². The van der Waals surface area contributed by atoms with Crippen molar-refractivity contribution in [3.05, 3.63) is 65.3 Å². The van der Waals surface area contributed by atoms with E-state index in [1.165, 1.54) is 28.2 Å². The zero-order chi connectivity index (χ0) is 21.4. The average molecular weight is 449 g/mol. The lowest BCUT2D eigenvalue weighted by atomic mass is 10.1. The Kier molecular flexibility index (Phi) is 5.17. The van der Waals surface area contributed by atoms with Crippen LogP contribution in [0.2, 0.25) is 0 Å². The number of aryl methyl sites for hydroxylation is 1. The van der Waals surface area contributed by atoms with Gasteiger partial charge in [0.15, 0.2) is 10.1 Å². The minimum Gasteiger partial charge on any atom is -0.494 e. The molecule has 5 aromatic rings. The monoisotopic (exact) mass is 448 g/mol. The predicted molar refractivity (Wildman–Crippen MR) is 126 cm³/mol. The Morgan fingerprint density at radius 3 is 2.81 bits per heavy atom. The van der Waals surface area contributed by atoms with Gasteiger partial charge in [-0.05, 0) is 55.8 Å². The number of anilines is 1. The third-order valence-electron chi connectivity index (χ3n) is 4.88. The number of thiazole rings is 2. The summed E-state index contributed by atoms with van der Waals surface area (Å²) in [6.07, 6.45) is 2.23. The van der Waals surface area contributed by atoms with Gasteiger partial charge in [-0.1, -0.05) is 17.4 Å². The highest BCUT2D eigenvalue weighted by molar-refractivity contribution is 7.22. The van der Waals surface area contributed by atoms with Crippen LogP contribution in [-0.2, 0) is 11.2 Å². The van der Waals surface area contributed by atoms with E-state index < -0.39 is 0 Å². The van der Waals surface area contributed by atoms with E-state index in [1.54, 1.807) is 0 Å². The zero-order valence-electron chi connectivity index (χ0n) is 17.1. The zero-order valence-corrected chi connectivity index (χ0v) is 18.7. The maximum absolute atomic E-state index is 12.7. The van der Waals surface area contributed by atoms with Gasteiger partial charge in [-0.15, -0.1) is 11.3 Å². The summed E-state index contributed by atoms with van der Waals surface area (Å²) < 4.78 is 8.56. The third-order valence-corrected chi connectivity index (χ3v) is 6.70. The van der Waals surface area contributed by atoms with E-state index in [0.29, 0.717) is 11.7 Å². The second-order valence-corrected chi connectivity index (χ2v) is 9.05. The number of carbonyl (C=O) groups is 1. The van der Waals surface area contributed by atoms with Crippen molar-refractivity contribution in [2.24, 2.45) is 0 Å². The summed E-state index contributed by atoms with van der Waals surface area (Å²) in [5, 5.41) is 5.54. The molecule has 3 aromatic heterocycles. The van der Waals surface area contributed by atoms with Crippen molar-refractivity contribution in [1.29, 1.82) is 0 Å². The Balaban J connectivity index is 1.33. The van der Waals surface area contributed by atoms with Gasteiger partial charge in [-0.2, -0.15) is 0 Å². The first kappa shape index (κ1) is 19.7. The fourth-order valence-electron chi connectivity index (χ4n) is 3.40. The Bertz CT molecular complexity index is 1380. The minimum absolute atomic E-state index is 0.0909. The number of benzene rings is 2. The Labute approximate surface area is 187 Å². The molecule has 2 aromatic carbocycles. The maximum Gasteiger partial charge on any atom is 0.232 e. The van der Waals surface area contributed by atoms with Crippen LogP contribution in [0.15, 0.2) is 54.0 Å². The van der Waals surface area contributed by atoms with Crippen LogP contribution in [0.1, 0.15) is 18.2 Å². The fourth-order valence-corrected chi connectivity index (χ4v) is 5.25. The highest BCUT2D eigenvalue weighted by Crippen LogP contribution is 2.28. The molecule has 1 amide bonds. The van der Waals surface area contributed by atoms with Gasteiger partial charge in [-0.25, -0.2) is 9.97 Å². The van der Waals surface area contributed by atoms with Gasteiger partial charge in [0.25, 0.3) is 0 Å². The van der Waals surface area contributed by atoms with Gasteiger partial charge < -0.3 is 10.1 Å². The van der Waals surface area contributed by atoms with Crippen LogP contribution in [0.4, 0.5) is 5.13 Å². The second kappa shape index (κ2) is 8.13. The van der Waals surface area contributed by atoms with Crippen LogP contribution in [0.25, 0.3) is 26.4 Å². The number of aromatic nitrogens is 3. The van der Waals surface area contributed by atoms with Gasteiger partial charge in [0.05, 0.1) is 28.9 Å². The van der Waals surface area contributed by atoms with Crippen LogP contribution in [0, 0.1) is 6.92 Å². The number of nitrogens with one attached hydrogen (secondary N) is 1. The van der Waals surface area contributed by atoms with Crippen molar-refractivity contribution >= 4 is 48.9 Å². The number of hydrogen-bond donors (Lipinski definition) is 1. The molecule has 0 bridgehead atoms. The summed E-state index contributed by atoms with van der Waals surface area (Å²) >= 11 is 3.02. The predicted octanol–water partition coefficient (Wildman–Crippen LogP) is 5.56. The number of hydrogen-bond acceptors (Lipinski definition) is 6. The summed E-state index contributed by atoms with van der Waals surface area (Å²) in [6, 6.07) is 14.0. The number of carbonyl (C=O) groups excluding carboxylic acids is 1. The van der Waals surface area contributed by atoms with Crippen molar-refractivity contribution in [1.82, 2.24) is 14.4 Å². The number of amides is 1. The largest absolute Gasteiger partial charge is 0.494 e. The topological polar surface area (TPSA) is 68.5 Å². The van der Waals surface area contributed by atoms with Gasteiger partial charge in [-0.3, -0.25) is 9.20 Å². The van der Waals surface area contributed by atoms with Crippen LogP contribution < -0.4 is 10.1 Å². The molecule has 0 aliphatic carbocycles. The average Bonchev–Trinajstić information content (AvgIpc) is 3.44. The van der Waals surface area contributed by atoms with Crippen LogP contribution in [0.3, 0.4) is 0 Å². The van der Waals surface area contributed by atoms with Crippen molar-refractivity contribution in [3.63, 3.8) is 0 Å². The van der Waals surface area contributed by atoms with E-state index in [9.17, 15) is 4.79 Å². The van der Waals surface area contributed by atoms with Crippen molar-refractivity contribution in [2.75, 3.05) is 11.9 Å². The van der Waals surface area contributed by atoms with E-state index in [0.717, 1.165) is 37.9 Å². The molecule has 5 rings (SSSR count).